The summed E-state index contributed by atoms with van der Waals surface area (Å²) in [6.45, 7) is 2.13. The Labute approximate surface area is 116 Å². The molecule has 1 fully saturated rings. The van der Waals surface area contributed by atoms with E-state index in [4.69, 9.17) is 0 Å². The van der Waals surface area contributed by atoms with Crippen LogP contribution in [0.3, 0.4) is 0 Å². The number of halogens is 3. The van der Waals surface area contributed by atoms with E-state index in [1.165, 1.54) is 6.92 Å². The molecule has 0 radical (unpaired) electrons. The van der Waals surface area contributed by atoms with E-state index in [-0.39, 0.29) is 12.5 Å². The topological polar surface area (TPSA) is 62.3 Å². The zero-order chi connectivity index (χ0) is 14.9. The third-order valence-corrected chi connectivity index (χ3v) is 3.83. The first-order chi connectivity index (χ1) is 9.32. The van der Waals surface area contributed by atoms with Gasteiger partial charge in [0.25, 0.3) is 5.91 Å². The molecule has 20 heavy (non-hydrogen) atoms. The van der Waals surface area contributed by atoms with Gasteiger partial charge in [-0.15, -0.1) is 11.3 Å². The summed E-state index contributed by atoms with van der Waals surface area (Å²) in [6, 6.07) is -0.798. The third-order valence-electron chi connectivity index (χ3n) is 3.01. The van der Waals surface area contributed by atoms with Crippen molar-refractivity contribution in [2.24, 2.45) is 0 Å². The van der Waals surface area contributed by atoms with Crippen LogP contribution in [-0.4, -0.2) is 40.8 Å². The quantitative estimate of drug-likeness (QED) is 0.855. The summed E-state index contributed by atoms with van der Waals surface area (Å²) in [4.78, 5) is 27.8. The monoisotopic (exact) mass is 307 g/mol. The Morgan fingerprint density at radius 2 is 2.25 bits per heavy atom. The Morgan fingerprint density at radius 3 is 2.90 bits per heavy atom. The Bertz CT molecular complexity index is 529. The molecule has 1 atom stereocenters. The Kier molecular flexibility index (Phi) is 3.98. The molecular formula is C11H12F3N3O2S. The highest BCUT2D eigenvalue weighted by molar-refractivity contribution is 7.11. The largest absolute Gasteiger partial charge is 0.434 e. The molecule has 0 aliphatic carbocycles. The molecule has 1 unspecified atom stereocenters. The summed E-state index contributed by atoms with van der Waals surface area (Å²) in [6.07, 6.45) is -4.18. The summed E-state index contributed by atoms with van der Waals surface area (Å²) in [5.74, 6) is -1.17. The van der Waals surface area contributed by atoms with Gasteiger partial charge in [-0.05, 0) is 13.3 Å². The van der Waals surface area contributed by atoms with E-state index in [1.54, 1.807) is 0 Å². The minimum absolute atomic E-state index is 0.230. The molecular weight excluding hydrogens is 295 g/mol. The fraction of sp³-hybridized carbons (Fsp3) is 0.545. The maximum atomic E-state index is 12.8. The standard InChI is InChI=1S/C11H12F3N3O2S/c1-6-9(18)15-3-2-4-17(6)10(19)7-8(11(12,13)14)16-5-20-7/h5-6H,2-4H2,1H3,(H,15,18). The first-order valence-electron chi connectivity index (χ1n) is 5.91. The second kappa shape index (κ2) is 5.39. The highest BCUT2D eigenvalue weighted by atomic mass is 32.1. The van der Waals surface area contributed by atoms with Crippen LogP contribution < -0.4 is 5.32 Å². The van der Waals surface area contributed by atoms with Gasteiger partial charge in [-0.3, -0.25) is 9.59 Å². The van der Waals surface area contributed by atoms with E-state index in [0.29, 0.717) is 24.3 Å². The van der Waals surface area contributed by atoms with Gasteiger partial charge in [0.15, 0.2) is 5.69 Å². The molecule has 0 spiro atoms. The predicted molar refractivity (Wildman–Crippen MR) is 65.2 cm³/mol. The minimum Gasteiger partial charge on any atom is -0.354 e. The highest BCUT2D eigenvalue weighted by Crippen LogP contribution is 2.33. The number of nitrogens with zero attached hydrogens (tertiary/aromatic N) is 2. The fourth-order valence-corrected chi connectivity index (χ4v) is 2.71. The Hall–Kier alpha value is -1.64. The fourth-order valence-electron chi connectivity index (χ4n) is 1.95. The molecule has 110 valence electrons. The van der Waals surface area contributed by atoms with E-state index in [0.717, 1.165) is 10.4 Å². The summed E-state index contributed by atoms with van der Waals surface area (Å²) >= 11 is 0.634. The number of amides is 2. The summed E-state index contributed by atoms with van der Waals surface area (Å²) < 4.78 is 38.3. The van der Waals surface area contributed by atoms with Crippen molar-refractivity contribution in [3.05, 3.63) is 16.1 Å². The van der Waals surface area contributed by atoms with Gasteiger partial charge < -0.3 is 10.2 Å². The molecule has 1 aliphatic heterocycles. The number of carbonyl (C=O) groups excluding carboxylic acids is 2. The number of aromatic nitrogens is 1. The lowest BCUT2D eigenvalue weighted by molar-refractivity contribution is -0.141. The average molecular weight is 307 g/mol. The Morgan fingerprint density at radius 1 is 1.55 bits per heavy atom. The molecule has 0 aromatic carbocycles. The van der Waals surface area contributed by atoms with Crippen molar-refractivity contribution in [1.82, 2.24) is 15.2 Å². The van der Waals surface area contributed by atoms with Gasteiger partial charge >= 0.3 is 6.18 Å². The number of rotatable bonds is 1. The summed E-state index contributed by atoms with van der Waals surface area (Å²) in [5.41, 5.74) is -0.206. The number of nitrogens with one attached hydrogen (secondary N) is 1. The van der Waals surface area contributed by atoms with Crippen LogP contribution in [0.15, 0.2) is 5.51 Å². The number of hydrogen-bond acceptors (Lipinski definition) is 4. The number of carbonyl (C=O) groups is 2. The predicted octanol–water partition coefficient (Wildman–Crippen LogP) is 1.51. The first kappa shape index (κ1) is 14.8. The lowest BCUT2D eigenvalue weighted by Crippen LogP contribution is -2.45. The molecule has 5 nitrogen and oxygen atoms in total. The maximum Gasteiger partial charge on any atom is 0.434 e. The maximum absolute atomic E-state index is 12.8. The van der Waals surface area contributed by atoms with E-state index < -0.39 is 28.7 Å². The van der Waals surface area contributed by atoms with Gasteiger partial charge in [0, 0.05) is 13.1 Å². The smallest absolute Gasteiger partial charge is 0.354 e. The number of alkyl halides is 3. The van der Waals surface area contributed by atoms with Gasteiger partial charge in [-0.25, -0.2) is 4.98 Å². The van der Waals surface area contributed by atoms with Gasteiger partial charge in [0.05, 0.1) is 5.51 Å². The van der Waals surface area contributed by atoms with Gasteiger partial charge in [0.1, 0.15) is 10.9 Å². The van der Waals surface area contributed by atoms with E-state index >= 15 is 0 Å². The van der Waals surface area contributed by atoms with Crippen molar-refractivity contribution in [2.45, 2.75) is 25.6 Å². The summed E-state index contributed by atoms with van der Waals surface area (Å²) in [5, 5.41) is 2.60. The Balaban J connectivity index is 2.31. The molecule has 1 aromatic rings. The molecule has 1 saturated heterocycles. The van der Waals surface area contributed by atoms with Crippen LogP contribution in [0.2, 0.25) is 0 Å². The second-order valence-electron chi connectivity index (χ2n) is 4.35. The van der Waals surface area contributed by atoms with Crippen LogP contribution in [0.25, 0.3) is 0 Å². The molecule has 2 rings (SSSR count). The average Bonchev–Trinajstić information content (AvgIpc) is 2.80. The van der Waals surface area contributed by atoms with Gasteiger partial charge in [-0.2, -0.15) is 13.2 Å². The normalized spacial score (nSPS) is 20.5. The van der Waals surface area contributed by atoms with E-state index in [9.17, 15) is 22.8 Å². The first-order valence-corrected chi connectivity index (χ1v) is 6.79. The minimum atomic E-state index is -4.68. The van der Waals surface area contributed by atoms with Gasteiger partial charge in [0.2, 0.25) is 5.91 Å². The van der Waals surface area contributed by atoms with Crippen molar-refractivity contribution in [1.29, 1.82) is 0 Å². The lowest BCUT2D eigenvalue weighted by Gasteiger charge is -2.25. The molecule has 2 amide bonds. The van der Waals surface area contributed by atoms with Crippen LogP contribution in [0.5, 0.6) is 0 Å². The zero-order valence-electron chi connectivity index (χ0n) is 10.5. The summed E-state index contributed by atoms with van der Waals surface area (Å²) in [7, 11) is 0. The molecule has 0 saturated carbocycles. The van der Waals surface area contributed by atoms with Crippen molar-refractivity contribution < 1.29 is 22.8 Å². The van der Waals surface area contributed by atoms with Crippen LogP contribution in [0, 0.1) is 0 Å². The van der Waals surface area contributed by atoms with Crippen LogP contribution in [-0.2, 0) is 11.0 Å². The van der Waals surface area contributed by atoms with Gasteiger partial charge in [-0.1, -0.05) is 0 Å². The van der Waals surface area contributed by atoms with Crippen LogP contribution in [0.1, 0.15) is 28.7 Å². The van der Waals surface area contributed by atoms with Crippen molar-refractivity contribution in [3.8, 4) is 0 Å². The lowest BCUT2D eigenvalue weighted by atomic mass is 10.2. The van der Waals surface area contributed by atoms with Crippen LogP contribution in [0.4, 0.5) is 13.2 Å². The highest BCUT2D eigenvalue weighted by Gasteiger charge is 2.40. The van der Waals surface area contributed by atoms with E-state index in [1.807, 2.05) is 0 Å². The van der Waals surface area contributed by atoms with Crippen LogP contribution >= 0.6 is 11.3 Å². The van der Waals surface area contributed by atoms with Crippen molar-refractivity contribution in [3.63, 3.8) is 0 Å². The molecule has 0 bridgehead atoms. The number of hydrogen-bond donors (Lipinski definition) is 1. The second-order valence-corrected chi connectivity index (χ2v) is 5.20. The zero-order valence-corrected chi connectivity index (χ0v) is 11.3. The molecule has 1 aliphatic rings. The van der Waals surface area contributed by atoms with Crippen molar-refractivity contribution >= 4 is 23.2 Å². The molecule has 2 heterocycles. The molecule has 1 N–H and O–H groups in total. The van der Waals surface area contributed by atoms with E-state index in [2.05, 4.69) is 10.3 Å². The van der Waals surface area contributed by atoms with Crippen molar-refractivity contribution in [2.75, 3.05) is 13.1 Å². The third kappa shape index (κ3) is 2.77. The molecule has 9 heteroatoms. The number of thiazole rings is 1. The molecule has 1 aromatic heterocycles. The SMILES string of the molecule is CC1C(=O)NCCCN1C(=O)c1scnc1C(F)(F)F.